The van der Waals surface area contributed by atoms with Crippen molar-refractivity contribution in [3.05, 3.63) is 0 Å². The third-order valence-corrected chi connectivity index (χ3v) is 6.58. The third-order valence-electron chi connectivity index (χ3n) is 6.58. The largest absolute Gasteiger partial charge is 0.304 e. The Balaban J connectivity index is 0.000000452. The van der Waals surface area contributed by atoms with Crippen LogP contribution in [0, 0.1) is 35.0 Å². The summed E-state index contributed by atoms with van der Waals surface area (Å²) in [6.07, 6.45) is 13.0. The van der Waals surface area contributed by atoms with Gasteiger partial charge in [0.05, 0.1) is 0 Å². The van der Waals surface area contributed by atoms with E-state index < -0.39 is 0 Å². The summed E-state index contributed by atoms with van der Waals surface area (Å²) in [6.45, 7) is 9.03. The van der Waals surface area contributed by atoms with E-state index in [0.29, 0.717) is 5.41 Å². The Bertz CT molecular complexity index is 320. The molecule has 20 heavy (non-hydrogen) atoms. The lowest BCUT2D eigenvalue weighted by Crippen LogP contribution is -2.45. The van der Waals surface area contributed by atoms with E-state index in [1.165, 1.54) is 26.2 Å². The van der Waals surface area contributed by atoms with Crippen LogP contribution in [0.15, 0.2) is 0 Å². The van der Waals surface area contributed by atoms with Gasteiger partial charge < -0.3 is 4.79 Å². The summed E-state index contributed by atoms with van der Waals surface area (Å²) in [4.78, 5) is 8.81. The van der Waals surface area contributed by atoms with E-state index in [-0.39, 0.29) is 0 Å². The lowest BCUT2D eigenvalue weighted by molar-refractivity contribution is -0.106. The first-order valence-corrected chi connectivity index (χ1v) is 8.89. The highest BCUT2D eigenvalue weighted by atomic mass is 16.1. The zero-order valence-corrected chi connectivity index (χ0v) is 14.0. The van der Waals surface area contributed by atoms with Gasteiger partial charge in [0.25, 0.3) is 0 Å². The van der Waals surface area contributed by atoms with E-state index >= 15 is 0 Å². The fourth-order valence-corrected chi connectivity index (χ4v) is 5.69. The average Bonchev–Trinajstić information content (AvgIpc) is 2.38. The molecule has 116 valence electrons. The molecule has 0 N–H and O–H groups in total. The molecule has 0 aliphatic heterocycles. The molecule has 1 nitrogen and oxygen atoms in total. The van der Waals surface area contributed by atoms with Crippen LogP contribution in [-0.2, 0) is 4.79 Å². The Hall–Kier alpha value is -0.330. The predicted molar refractivity (Wildman–Crippen MR) is 85.6 cm³/mol. The van der Waals surface area contributed by atoms with Gasteiger partial charge in [-0.1, -0.05) is 33.6 Å². The number of carbonyl (C=O) groups excluding carboxylic acids is 1. The SMILES string of the molecule is CC1CCC2C(CCC3C2CCCC3(C)C)C1.CC=O. The van der Waals surface area contributed by atoms with E-state index in [1.54, 1.807) is 32.1 Å². The molecule has 5 atom stereocenters. The third kappa shape index (κ3) is 3.28. The minimum atomic E-state index is 0.650. The Labute approximate surface area is 125 Å². The van der Waals surface area contributed by atoms with Crippen LogP contribution in [0.1, 0.15) is 79.1 Å². The quantitative estimate of drug-likeness (QED) is 0.536. The van der Waals surface area contributed by atoms with Crippen LogP contribution in [0.3, 0.4) is 0 Å². The van der Waals surface area contributed by atoms with Gasteiger partial charge in [-0.25, -0.2) is 0 Å². The molecule has 1 heteroatoms. The monoisotopic (exact) mass is 278 g/mol. The van der Waals surface area contributed by atoms with E-state index in [0.717, 1.165) is 35.9 Å². The zero-order valence-electron chi connectivity index (χ0n) is 14.0. The zero-order chi connectivity index (χ0) is 14.8. The van der Waals surface area contributed by atoms with Gasteiger partial charge in [0, 0.05) is 0 Å². The molecular weight excluding hydrogens is 244 g/mol. The second-order valence-electron chi connectivity index (χ2n) is 8.31. The van der Waals surface area contributed by atoms with Crippen LogP contribution in [0.5, 0.6) is 0 Å². The molecule has 0 aromatic carbocycles. The van der Waals surface area contributed by atoms with Crippen LogP contribution in [-0.4, -0.2) is 6.29 Å². The standard InChI is InChI=1S/C17H30.C2H4O/c1-12-6-8-14-13(11-12)7-9-16-15(14)5-4-10-17(16,2)3;1-2-3/h12-16H,4-11H2,1-3H3;2H,1H3. The highest BCUT2D eigenvalue weighted by Crippen LogP contribution is 2.57. The summed E-state index contributed by atoms with van der Waals surface area (Å²) in [6, 6.07) is 0. The van der Waals surface area contributed by atoms with Gasteiger partial charge in [-0.2, -0.15) is 0 Å². The second kappa shape index (κ2) is 6.62. The first-order chi connectivity index (χ1) is 9.49. The highest BCUT2D eigenvalue weighted by molar-refractivity contribution is 5.44. The molecular formula is C19H34O. The smallest absolute Gasteiger partial charge is 0.116 e. The Kier molecular flexibility index (Phi) is 5.31. The van der Waals surface area contributed by atoms with E-state index in [4.69, 9.17) is 4.79 Å². The first kappa shape index (κ1) is 16.0. The van der Waals surface area contributed by atoms with E-state index in [2.05, 4.69) is 20.8 Å². The fourth-order valence-electron chi connectivity index (χ4n) is 5.69. The number of fused-ring (bicyclic) bond motifs is 3. The van der Waals surface area contributed by atoms with Crippen molar-refractivity contribution in [2.75, 3.05) is 0 Å². The van der Waals surface area contributed by atoms with Crippen molar-refractivity contribution >= 4 is 6.29 Å². The maximum atomic E-state index is 8.81. The summed E-state index contributed by atoms with van der Waals surface area (Å²) in [5.74, 6) is 5.40. The number of rotatable bonds is 0. The summed E-state index contributed by atoms with van der Waals surface area (Å²) in [5.41, 5.74) is 0.650. The van der Waals surface area contributed by atoms with Crippen LogP contribution in [0.2, 0.25) is 0 Å². The molecule has 0 bridgehead atoms. The predicted octanol–water partition coefficient (Wildman–Crippen LogP) is 5.48. The molecule has 0 radical (unpaired) electrons. The van der Waals surface area contributed by atoms with Crippen molar-refractivity contribution in [1.82, 2.24) is 0 Å². The van der Waals surface area contributed by atoms with Gasteiger partial charge in [-0.05, 0) is 80.5 Å². The molecule has 0 aromatic heterocycles. The highest BCUT2D eigenvalue weighted by Gasteiger charge is 2.47. The van der Waals surface area contributed by atoms with Gasteiger partial charge in [-0.15, -0.1) is 0 Å². The van der Waals surface area contributed by atoms with Crippen molar-refractivity contribution in [3.63, 3.8) is 0 Å². The topological polar surface area (TPSA) is 17.1 Å². The Morgan fingerprint density at radius 3 is 2.40 bits per heavy atom. The van der Waals surface area contributed by atoms with Crippen LogP contribution < -0.4 is 0 Å². The summed E-state index contributed by atoms with van der Waals surface area (Å²) in [7, 11) is 0. The molecule has 0 spiro atoms. The fraction of sp³-hybridized carbons (Fsp3) is 0.947. The molecule has 3 aliphatic carbocycles. The van der Waals surface area contributed by atoms with Crippen LogP contribution in [0.4, 0.5) is 0 Å². The van der Waals surface area contributed by atoms with Gasteiger partial charge >= 0.3 is 0 Å². The number of carbonyl (C=O) groups is 1. The van der Waals surface area contributed by atoms with Crippen molar-refractivity contribution in [2.45, 2.75) is 79.1 Å². The summed E-state index contributed by atoms with van der Waals surface area (Å²) >= 11 is 0. The number of hydrogen-bond acceptors (Lipinski definition) is 1. The van der Waals surface area contributed by atoms with Gasteiger partial charge in [0.15, 0.2) is 0 Å². The Morgan fingerprint density at radius 2 is 1.70 bits per heavy atom. The molecule has 3 fully saturated rings. The van der Waals surface area contributed by atoms with Crippen molar-refractivity contribution in [3.8, 4) is 0 Å². The van der Waals surface area contributed by atoms with E-state index in [9.17, 15) is 0 Å². The first-order valence-electron chi connectivity index (χ1n) is 8.89. The number of hydrogen-bond donors (Lipinski definition) is 0. The average molecular weight is 278 g/mol. The summed E-state index contributed by atoms with van der Waals surface area (Å²) < 4.78 is 0. The molecule has 3 aliphatic rings. The maximum absolute atomic E-state index is 8.81. The second-order valence-corrected chi connectivity index (χ2v) is 8.31. The van der Waals surface area contributed by atoms with Crippen molar-refractivity contribution < 1.29 is 4.79 Å². The van der Waals surface area contributed by atoms with Gasteiger partial charge in [0.1, 0.15) is 6.29 Å². The maximum Gasteiger partial charge on any atom is 0.116 e. The summed E-state index contributed by atoms with van der Waals surface area (Å²) in [5, 5.41) is 0. The van der Waals surface area contributed by atoms with Gasteiger partial charge in [0.2, 0.25) is 0 Å². The van der Waals surface area contributed by atoms with Crippen molar-refractivity contribution in [1.29, 1.82) is 0 Å². The molecule has 0 saturated heterocycles. The number of aldehydes is 1. The van der Waals surface area contributed by atoms with E-state index in [1.807, 2.05) is 0 Å². The minimum Gasteiger partial charge on any atom is -0.304 e. The lowest BCUT2D eigenvalue weighted by Gasteiger charge is -2.54. The molecule has 0 amide bonds. The molecule has 3 saturated carbocycles. The molecule has 0 aromatic rings. The Morgan fingerprint density at radius 1 is 1.00 bits per heavy atom. The minimum absolute atomic E-state index is 0.650. The van der Waals surface area contributed by atoms with Crippen LogP contribution in [0.25, 0.3) is 0 Å². The molecule has 5 unspecified atom stereocenters. The van der Waals surface area contributed by atoms with Crippen LogP contribution >= 0.6 is 0 Å². The van der Waals surface area contributed by atoms with Gasteiger partial charge in [-0.3, -0.25) is 0 Å². The lowest BCUT2D eigenvalue weighted by atomic mass is 9.51. The normalized spacial score (nSPS) is 42.5. The van der Waals surface area contributed by atoms with Crippen molar-refractivity contribution in [2.24, 2.45) is 35.0 Å². The molecule has 3 rings (SSSR count). The molecule has 0 heterocycles.